The van der Waals surface area contributed by atoms with Crippen LogP contribution in [0.5, 0.6) is 0 Å². The predicted octanol–water partition coefficient (Wildman–Crippen LogP) is 0.311. The van der Waals surface area contributed by atoms with Gasteiger partial charge in [0, 0.05) is 13.2 Å². The van der Waals surface area contributed by atoms with Crippen molar-refractivity contribution < 1.29 is 19.4 Å². The number of ether oxygens (including phenoxy) is 1. The highest BCUT2D eigenvalue weighted by molar-refractivity contribution is 6.02. The lowest BCUT2D eigenvalue weighted by Gasteiger charge is -2.32. The lowest BCUT2D eigenvalue weighted by atomic mass is 10.0. The van der Waals surface area contributed by atoms with Crippen LogP contribution in [0.25, 0.3) is 0 Å². The molecule has 0 aromatic rings. The molecule has 2 aliphatic rings. The van der Waals surface area contributed by atoms with Crippen LogP contribution in [-0.2, 0) is 14.3 Å². The van der Waals surface area contributed by atoms with Crippen LogP contribution in [0.3, 0.4) is 0 Å². The Hall–Kier alpha value is -0.940. The van der Waals surface area contributed by atoms with E-state index in [1.54, 1.807) is 0 Å². The maximum absolute atomic E-state index is 12.0. The number of nitrogens with zero attached hydrogens (tertiary/aromatic N) is 1. The summed E-state index contributed by atoms with van der Waals surface area (Å²) in [6.45, 7) is 2.52. The number of morpholine rings is 1. The second-order valence-electron chi connectivity index (χ2n) is 4.76. The number of carbonyl (C=O) groups is 2. The number of hydrogen-bond acceptors (Lipinski definition) is 4. The third-order valence-electron chi connectivity index (χ3n) is 3.66. The first-order chi connectivity index (χ1) is 8.17. The monoisotopic (exact) mass is 241 g/mol. The summed E-state index contributed by atoms with van der Waals surface area (Å²) in [6.07, 6.45) is 1.97. The Balaban J connectivity index is 2.03. The molecule has 2 aliphatic heterocycles. The topological polar surface area (TPSA) is 66.8 Å². The molecule has 1 N–H and O–H groups in total. The normalized spacial score (nSPS) is 29.9. The molecule has 17 heavy (non-hydrogen) atoms. The van der Waals surface area contributed by atoms with Crippen LogP contribution in [0, 0.1) is 5.92 Å². The Kier molecular flexibility index (Phi) is 3.79. The predicted molar refractivity (Wildman–Crippen MR) is 60.1 cm³/mol. The average Bonchev–Trinajstić information content (AvgIpc) is 2.78. The highest BCUT2D eigenvalue weighted by atomic mass is 16.5. The van der Waals surface area contributed by atoms with Crippen LogP contribution in [0.1, 0.15) is 32.6 Å². The zero-order chi connectivity index (χ0) is 12.4. The van der Waals surface area contributed by atoms with Gasteiger partial charge < -0.3 is 9.84 Å². The summed E-state index contributed by atoms with van der Waals surface area (Å²) in [5.41, 5.74) is 0. The third-order valence-corrected chi connectivity index (χ3v) is 3.66. The molecule has 0 saturated carbocycles. The highest BCUT2D eigenvalue weighted by Crippen LogP contribution is 2.29. The molecule has 2 heterocycles. The van der Waals surface area contributed by atoms with Crippen LogP contribution < -0.4 is 0 Å². The minimum absolute atomic E-state index is 0.0953. The Morgan fingerprint density at radius 1 is 1.35 bits per heavy atom. The van der Waals surface area contributed by atoms with Gasteiger partial charge in [0.2, 0.25) is 0 Å². The molecule has 3 unspecified atom stereocenters. The van der Waals surface area contributed by atoms with E-state index in [1.807, 2.05) is 6.92 Å². The summed E-state index contributed by atoms with van der Waals surface area (Å²) in [4.78, 5) is 25.3. The van der Waals surface area contributed by atoms with E-state index in [2.05, 4.69) is 0 Å². The molecule has 0 radical (unpaired) electrons. The minimum atomic E-state index is -0.413. The molecular formula is C12H19NO4. The van der Waals surface area contributed by atoms with Gasteiger partial charge in [-0.05, 0) is 25.2 Å². The van der Waals surface area contributed by atoms with Crippen molar-refractivity contribution in [2.45, 2.75) is 44.8 Å². The molecule has 2 bridgehead atoms. The number of likely N-dealkylation sites (tertiary alicyclic amines) is 1. The van der Waals surface area contributed by atoms with E-state index in [9.17, 15) is 9.59 Å². The molecular weight excluding hydrogens is 222 g/mol. The molecule has 2 rings (SSSR count). The van der Waals surface area contributed by atoms with Crippen molar-refractivity contribution in [3.63, 3.8) is 0 Å². The molecule has 0 aliphatic carbocycles. The number of rotatable bonds is 5. The molecule has 0 spiro atoms. The molecule has 2 amide bonds. The van der Waals surface area contributed by atoms with Crippen LogP contribution >= 0.6 is 0 Å². The van der Waals surface area contributed by atoms with E-state index < -0.39 is 12.2 Å². The Labute approximate surface area is 101 Å². The fraction of sp³-hybridized carbons (Fsp3) is 0.833. The van der Waals surface area contributed by atoms with E-state index in [0.717, 1.165) is 6.42 Å². The second kappa shape index (κ2) is 5.14. The highest BCUT2D eigenvalue weighted by Gasteiger charge is 2.46. The first kappa shape index (κ1) is 12.5. The van der Waals surface area contributed by atoms with Crippen LogP contribution in [0.4, 0.5) is 0 Å². The van der Waals surface area contributed by atoms with Crippen molar-refractivity contribution in [2.75, 3.05) is 13.2 Å². The smallest absolute Gasteiger partial charge is 0.258 e. The van der Waals surface area contributed by atoms with Gasteiger partial charge >= 0.3 is 0 Å². The largest absolute Gasteiger partial charge is 0.396 e. The fourth-order valence-corrected chi connectivity index (χ4v) is 2.50. The lowest BCUT2D eigenvalue weighted by molar-refractivity contribution is -0.169. The lowest BCUT2D eigenvalue weighted by Crippen LogP contribution is -2.53. The second-order valence-corrected chi connectivity index (χ2v) is 4.76. The van der Waals surface area contributed by atoms with Gasteiger partial charge in [-0.2, -0.15) is 0 Å². The SMILES string of the molecule is CCC(CCO)CN1C(=O)C2CCC(O2)C1=O. The number of aliphatic hydroxyl groups is 1. The minimum Gasteiger partial charge on any atom is -0.396 e. The molecule has 3 atom stereocenters. The van der Waals surface area contributed by atoms with E-state index in [4.69, 9.17) is 9.84 Å². The first-order valence-corrected chi connectivity index (χ1v) is 6.29. The summed E-state index contributed by atoms with van der Waals surface area (Å²) in [6, 6.07) is 0. The molecule has 96 valence electrons. The molecule has 2 saturated heterocycles. The van der Waals surface area contributed by atoms with Crippen molar-refractivity contribution in [3.8, 4) is 0 Å². The van der Waals surface area contributed by atoms with Crippen molar-refractivity contribution >= 4 is 11.8 Å². The summed E-state index contributed by atoms with van der Waals surface area (Å²) < 4.78 is 5.34. The Bertz CT molecular complexity index is 296. The van der Waals surface area contributed by atoms with Crippen LogP contribution in [-0.4, -0.2) is 47.2 Å². The van der Waals surface area contributed by atoms with Gasteiger partial charge in [-0.25, -0.2) is 0 Å². The summed E-state index contributed by atoms with van der Waals surface area (Å²) in [5, 5.41) is 8.93. The van der Waals surface area contributed by atoms with Gasteiger partial charge in [-0.15, -0.1) is 0 Å². The molecule has 5 nitrogen and oxygen atoms in total. The van der Waals surface area contributed by atoms with Gasteiger partial charge in [-0.3, -0.25) is 14.5 Å². The first-order valence-electron chi connectivity index (χ1n) is 6.29. The number of fused-ring (bicyclic) bond motifs is 2. The van der Waals surface area contributed by atoms with E-state index in [0.29, 0.717) is 25.8 Å². The number of hydrogen-bond donors (Lipinski definition) is 1. The summed E-state index contributed by atoms with van der Waals surface area (Å²) in [7, 11) is 0. The van der Waals surface area contributed by atoms with Crippen molar-refractivity contribution in [3.05, 3.63) is 0 Å². The van der Waals surface area contributed by atoms with Gasteiger partial charge in [0.25, 0.3) is 11.8 Å². The van der Waals surface area contributed by atoms with Gasteiger partial charge in [0.15, 0.2) is 0 Å². The Morgan fingerprint density at radius 3 is 2.41 bits per heavy atom. The quantitative estimate of drug-likeness (QED) is 0.703. The van der Waals surface area contributed by atoms with Crippen molar-refractivity contribution in [2.24, 2.45) is 5.92 Å². The van der Waals surface area contributed by atoms with E-state index >= 15 is 0 Å². The maximum atomic E-state index is 12.0. The van der Waals surface area contributed by atoms with Gasteiger partial charge in [0.1, 0.15) is 12.2 Å². The van der Waals surface area contributed by atoms with Crippen molar-refractivity contribution in [1.82, 2.24) is 4.90 Å². The zero-order valence-corrected chi connectivity index (χ0v) is 10.1. The standard InChI is InChI=1S/C12H19NO4/c1-2-8(5-6-14)7-13-11(15)9-3-4-10(17-9)12(13)16/h8-10,14H,2-7H2,1H3. The number of aliphatic hydroxyl groups excluding tert-OH is 1. The summed E-state index contributed by atoms with van der Waals surface area (Å²) in [5.74, 6) is -0.203. The van der Waals surface area contributed by atoms with E-state index in [1.165, 1.54) is 4.90 Å². The molecule has 0 aromatic heterocycles. The summed E-state index contributed by atoms with van der Waals surface area (Å²) >= 11 is 0. The van der Waals surface area contributed by atoms with Crippen LogP contribution in [0.2, 0.25) is 0 Å². The number of carbonyl (C=O) groups excluding carboxylic acids is 2. The maximum Gasteiger partial charge on any atom is 0.258 e. The average molecular weight is 241 g/mol. The number of amides is 2. The molecule has 2 fully saturated rings. The van der Waals surface area contributed by atoms with Gasteiger partial charge in [0.05, 0.1) is 0 Å². The molecule has 5 heteroatoms. The van der Waals surface area contributed by atoms with Crippen molar-refractivity contribution in [1.29, 1.82) is 0 Å². The van der Waals surface area contributed by atoms with E-state index in [-0.39, 0.29) is 24.3 Å². The molecule has 0 aromatic carbocycles. The fourth-order valence-electron chi connectivity index (χ4n) is 2.50. The number of imide groups is 1. The third kappa shape index (κ3) is 2.35. The Morgan fingerprint density at radius 2 is 1.94 bits per heavy atom. The van der Waals surface area contributed by atoms with Gasteiger partial charge in [-0.1, -0.05) is 13.3 Å². The van der Waals surface area contributed by atoms with Crippen LogP contribution in [0.15, 0.2) is 0 Å². The zero-order valence-electron chi connectivity index (χ0n) is 10.1.